The summed E-state index contributed by atoms with van der Waals surface area (Å²) in [6.45, 7) is 1.89. The van der Waals surface area contributed by atoms with Crippen LogP contribution in [0.15, 0.2) is 47.5 Å². The van der Waals surface area contributed by atoms with Crippen molar-refractivity contribution in [3.05, 3.63) is 53.6 Å². The number of ether oxygens (including phenoxy) is 1. The van der Waals surface area contributed by atoms with Gasteiger partial charge in [0.2, 0.25) is 0 Å². The van der Waals surface area contributed by atoms with Crippen molar-refractivity contribution in [1.82, 2.24) is 10.2 Å². The summed E-state index contributed by atoms with van der Waals surface area (Å²) in [5.41, 5.74) is 1.99. The number of aromatic hydroxyl groups is 2. The number of benzene rings is 2. The van der Waals surface area contributed by atoms with E-state index in [0.717, 1.165) is 37.2 Å². The Hall–Kier alpha value is -2.57. The first-order valence-corrected chi connectivity index (χ1v) is 9.70. The van der Waals surface area contributed by atoms with Crippen LogP contribution in [-0.4, -0.2) is 53.7 Å². The van der Waals surface area contributed by atoms with Gasteiger partial charge in [0.05, 0.1) is 12.8 Å². The molecule has 2 aromatic carbocycles. The first-order valence-electron chi connectivity index (χ1n) is 9.70. The molecule has 0 unspecified atom stereocenters. The number of phenolic OH excluding ortho intramolecular Hbond substituents is 2. The minimum absolute atomic E-state index is 0.0808. The Labute approximate surface area is 165 Å². The highest BCUT2D eigenvalue weighted by molar-refractivity contribution is 6.04. The molecule has 0 radical (unpaired) electrons. The average Bonchev–Trinajstić information content (AvgIpc) is 2.71. The second kappa shape index (κ2) is 7.45. The summed E-state index contributed by atoms with van der Waals surface area (Å²) < 4.78 is 5.35. The van der Waals surface area contributed by atoms with Gasteiger partial charge in [-0.3, -0.25) is 10.3 Å². The van der Waals surface area contributed by atoms with E-state index in [1.54, 1.807) is 25.3 Å². The van der Waals surface area contributed by atoms with E-state index in [-0.39, 0.29) is 17.5 Å². The number of rotatable bonds is 3. The molecule has 1 spiro atoms. The summed E-state index contributed by atoms with van der Waals surface area (Å²) in [5, 5.41) is 24.6. The Bertz CT molecular complexity index is 888. The highest BCUT2D eigenvalue weighted by Crippen LogP contribution is 2.38. The van der Waals surface area contributed by atoms with E-state index in [1.165, 1.54) is 0 Å². The van der Waals surface area contributed by atoms with Crippen LogP contribution < -0.4 is 10.1 Å². The monoisotopic (exact) mass is 381 g/mol. The number of para-hydroxylation sites is 1. The van der Waals surface area contributed by atoms with Crippen LogP contribution in [0.4, 0.5) is 0 Å². The van der Waals surface area contributed by atoms with Gasteiger partial charge in [-0.2, -0.15) is 0 Å². The van der Waals surface area contributed by atoms with Crippen LogP contribution in [0.5, 0.6) is 17.2 Å². The number of nitrogens with zero attached hydrogens (tertiary/aromatic N) is 2. The molecule has 2 aliphatic heterocycles. The lowest BCUT2D eigenvalue weighted by Crippen LogP contribution is -2.55. The van der Waals surface area contributed by atoms with Crippen molar-refractivity contribution in [2.24, 2.45) is 4.99 Å². The minimum atomic E-state index is -0.400. The van der Waals surface area contributed by atoms with E-state index in [2.05, 4.69) is 17.3 Å². The van der Waals surface area contributed by atoms with Crippen molar-refractivity contribution >= 4 is 5.71 Å². The molecule has 0 aromatic heterocycles. The van der Waals surface area contributed by atoms with Gasteiger partial charge in [0.1, 0.15) is 22.9 Å². The third-order valence-electron chi connectivity index (χ3n) is 5.83. The summed E-state index contributed by atoms with van der Waals surface area (Å²) >= 11 is 0. The molecule has 6 nitrogen and oxygen atoms in total. The van der Waals surface area contributed by atoms with Gasteiger partial charge in [0.25, 0.3) is 0 Å². The maximum Gasteiger partial charge on any atom is 0.124 e. The van der Waals surface area contributed by atoms with Crippen LogP contribution in [0.1, 0.15) is 36.4 Å². The second-order valence-electron chi connectivity index (χ2n) is 7.74. The molecule has 0 saturated carbocycles. The van der Waals surface area contributed by atoms with E-state index in [0.29, 0.717) is 17.7 Å². The molecule has 2 aliphatic rings. The van der Waals surface area contributed by atoms with E-state index in [9.17, 15) is 10.2 Å². The van der Waals surface area contributed by atoms with E-state index in [1.807, 2.05) is 24.3 Å². The molecule has 6 heteroatoms. The maximum atomic E-state index is 10.5. The molecule has 148 valence electrons. The fourth-order valence-corrected chi connectivity index (χ4v) is 4.16. The van der Waals surface area contributed by atoms with Crippen LogP contribution in [0, 0.1) is 0 Å². The number of methoxy groups -OCH3 is 1. The van der Waals surface area contributed by atoms with Gasteiger partial charge >= 0.3 is 0 Å². The van der Waals surface area contributed by atoms with Crippen molar-refractivity contribution in [2.45, 2.75) is 31.0 Å². The van der Waals surface area contributed by atoms with Gasteiger partial charge in [-0.1, -0.05) is 18.2 Å². The van der Waals surface area contributed by atoms with Crippen molar-refractivity contribution < 1.29 is 14.9 Å². The standard InChI is InChI=1S/C22H27N3O3/c1-25-11-9-22(10-12-25)23-18(16-5-3-4-6-20(16)26)14-19(24-22)17-13-15(28-2)7-8-21(17)27/h3-8,13,18,23,26-27H,9-12,14H2,1-2H3/t18-/m1/s1. The minimum Gasteiger partial charge on any atom is -0.508 e. The Kier molecular flexibility index (Phi) is 5.00. The molecule has 0 bridgehead atoms. The number of likely N-dealkylation sites (tertiary alicyclic amines) is 1. The third kappa shape index (κ3) is 3.57. The molecule has 28 heavy (non-hydrogen) atoms. The summed E-state index contributed by atoms with van der Waals surface area (Å²) in [6.07, 6.45) is 2.33. The fourth-order valence-electron chi connectivity index (χ4n) is 4.16. The predicted molar refractivity (Wildman–Crippen MR) is 109 cm³/mol. The van der Waals surface area contributed by atoms with E-state index < -0.39 is 5.66 Å². The van der Waals surface area contributed by atoms with Gasteiger partial charge in [0, 0.05) is 36.7 Å². The molecular weight excluding hydrogens is 354 g/mol. The van der Waals surface area contributed by atoms with Crippen molar-refractivity contribution in [2.75, 3.05) is 27.2 Å². The summed E-state index contributed by atoms with van der Waals surface area (Å²) in [4.78, 5) is 7.40. The molecule has 2 heterocycles. The predicted octanol–water partition coefficient (Wildman–Crippen LogP) is 3.05. The molecule has 3 N–H and O–H groups in total. The van der Waals surface area contributed by atoms with E-state index >= 15 is 0 Å². The number of phenols is 2. The lowest BCUT2D eigenvalue weighted by molar-refractivity contribution is 0.144. The van der Waals surface area contributed by atoms with Crippen LogP contribution in [-0.2, 0) is 0 Å². The van der Waals surface area contributed by atoms with Crippen molar-refractivity contribution in [1.29, 1.82) is 0 Å². The Morgan fingerprint density at radius 3 is 2.57 bits per heavy atom. The summed E-state index contributed by atoms with van der Waals surface area (Å²) in [6, 6.07) is 12.6. The number of aliphatic imine (C=N–C) groups is 1. The number of piperidine rings is 1. The number of hydrogen-bond donors (Lipinski definition) is 3. The van der Waals surface area contributed by atoms with Crippen molar-refractivity contribution in [3.63, 3.8) is 0 Å². The zero-order valence-corrected chi connectivity index (χ0v) is 16.4. The molecule has 4 rings (SSSR count). The average molecular weight is 381 g/mol. The summed E-state index contributed by atoms with van der Waals surface area (Å²) in [5.74, 6) is 1.16. The van der Waals surface area contributed by atoms with Gasteiger partial charge in [-0.05, 0) is 44.2 Å². The summed E-state index contributed by atoms with van der Waals surface area (Å²) in [7, 11) is 3.73. The smallest absolute Gasteiger partial charge is 0.124 e. The fraction of sp³-hybridized carbons (Fsp3) is 0.409. The van der Waals surface area contributed by atoms with Gasteiger partial charge < -0.3 is 19.8 Å². The number of nitrogens with one attached hydrogen (secondary N) is 1. The lowest BCUT2D eigenvalue weighted by atomic mass is 9.87. The molecule has 1 fully saturated rings. The van der Waals surface area contributed by atoms with Gasteiger partial charge in [-0.15, -0.1) is 0 Å². The molecule has 1 saturated heterocycles. The zero-order chi connectivity index (χ0) is 19.7. The SMILES string of the molecule is COc1ccc(O)c(C2=NC3(CCN(C)CC3)N[C@@H](c3ccccc3O)C2)c1. The Morgan fingerprint density at radius 2 is 1.86 bits per heavy atom. The quantitative estimate of drug-likeness (QED) is 0.762. The van der Waals surface area contributed by atoms with Crippen LogP contribution in [0.2, 0.25) is 0 Å². The van der Waals surface area contributed by atoms with Gasteiger partial charge in [-0.25, -0.2) is 0 Å². The Balaban J connectivity index is 1.77. The highest BCUT2D eigenvalue weighted by atomic mass is 16.5. The topological polar surface area (TPSA) is 77.3 Å². The highest BCUT2D eigenvalue weighted by Gasteiger charge is 2.40. The molecule has 2 aromatic rings. The number of hydrogen-bond acceptors (Lipinski definition) is 6. The molecule has 0 aliphatic carbocycles. The van der Waals surface area contributed by atoms with Crippen LogP contribution in [0.3, 0.4) is 0 Å². The largest absolute Gasteiger partial charge is 0.508 e. The first-order chi connectivity index (χ1) is 13.5. The van der Waals surface area contributed by atoms with E-state index in [4.69, 9.17) is 9.73 Å². The maximum absolute atomic E-state index is 10.5. The normalized spacial score (nSPS) is 22.1. The van der Waals surface area contributed by atoms with Crippen LogP contribution >= 0.6 is 0 Å². The Morgan fingerprint density at radius 1 is 1.11 bits per heavy atom. The van der Waals surface area contributed by atoms with Gasteiger partial charge in [0.15, 0.2) is 0 Å². The van der Waals surface area contributed by atoms with Crippen LogP contribution in [0.25, 0.3) is 0 Å². The lowest BCUT2D eigenvalue weighted by Gasteiger charge is -2.44. The molecule has 1 atom stereocenters. The third-order valence-corrected chi connectivity index (χ3v) is 5.83. The zero-order valence-electron chi connectivity index (χ0n) is 16.4. The second-order valence-corrected chi connectivity index (χ2v) is 7.74. The first kappa shape index (κ1) is 18.8. The molecule has 0 amide bonds. The van der Waals surface area contributed by atoms with Crippen molar-refractivity contribution in [3.8, 4) is 17.2 Å². The molecular formula is C22H27N3O3.